The molecule has 5 nitrogen and oxygen atoms in total. The lowest BCUT2D eigenvalue weighted by Crippen LogP contribution is -2.33. The number of benzene rings is 1. The number of rotatable bonds is 2. The normalized spacial score (nSPS) is 23.2. The number of esters is 2. The SMILES string of the molecule is CC(=O)O[C@@H]1c2ccc3ncccc3c2[C@@H](Br)C[C@H]1OC(C)=O. The first kappa shape index (κ1) is 15.9. The topological polar surface area (TPSA) is 65.5 Å². The average Bonchev–Trinajstić information content (AvgIpc) is 2.49. The second kappa shape index (κ2) is 6.28. The van der Waals surface area contributed by atoms with Crippen molar-refractivity contribution in [2.45, 2.75) is 37.3 Å². The lowest BCUT2D eigenvalue weighted by molar-refractivity contribution is -0.167. The van der Waals surface area contributed by atoms with E-state index in [1.807, 2.05) is 24.3 Å². The van der Waals surface area contributed by atoms with E-state index < -0.39 is 24.1 Å². The third-order valence-electron chi connectivity index (χ3n) is 3.87. The van der Waals surface area contributed by atoms with E-state index in [1.54, 1.807) is 6.20 Å². The summed E-state index contributed by atoms with van der Waals surface area (Å²) in [4.78, 5) is 27.2. The summed E-state index contributed by atoms with van der Waals surface area (Å²) in [6.45, 7) is 2.71. The fourth-order valence-electron chi connectivity index (χ4n) is 3.08. The van der Waals surface area contributed by atoms with Gasteiger partial charge in [0.2, 0.25) is 0 Å². The van der Waals surface area contributed by atoms with Gasteiger partial charge in [-0.3, -0.25) is 14.6 Å². The van der Waals surface area contributed by atoms with Crippen molar-refractivity contribution in [3.63, 3.8) is 0 Å². The van der Waals surface area contributed by atoms with Crippen LogP contribution in [0.2, 0.25) is 0 Å². The van der Waals surface area contributed by atoms with Crippen LogP contribution in [0.5, 0.6) is 0 Å². The van der Waals surface area contributed by atoms with E-state index >= 15 is 0 Å². The molecule has 1 aliphatic rings. The molecule has 1 aromatic heterocycles. The van der Waals surface area contributed by atoms with Gasteiger partial charge < -0.3 is 9.47 Å². The number of carbonyl (C=O) groups is 2. The maximum Gasteiger partial charge on any atom is 0.303 e. The third-order valence-corrected chi connectivity index (χ3v) is 4.70. The van der Waals surface area contributed by atoms with E-state index in [1.165, 1.54) is 13.8 Å². The molecule has 0 radical (unpaired) electrons. The fourth-order valence-corrected chi connectivity index (χ4v) is 3.96. The summed E-state index contributed by atoms with van der Waals surface area (Å²) in [6.07, 6.45) is 1.15. The molecule has 0 saturated heterocycles. The van der Waals surface area contributed by atoms with Gasteiger partial charge in [-0.2, -0.15) is 0 Å². The Bertz CT molecular complexity index is 776. The van der Waals surface area contributed by atoms with Crippen LogP contribution in [0.4, 0.5) is 0 Å². The molecule has 0 bridgehead atoms. The van der Waals surface area contributed by atoms with E-state index in [0.29, 0.717) is 6.42 Å². The maximum absolute atomic E-state index is 11.5. The third kappa shape index (κ3) is 3.08. The van der Waals surface area contributed by atoms with Gasteiger partial charge in [0.1, 0.15) is 6.10 Å². The fraction of sp³-hybridized carbons (Fsp3) is 0.353. The summed E-state index contributed by atoms with van der Waals surface area (Å²) >= 11 is 3.67. The van der Waals surface area contributed by atoms with Crippen LogP contribution in [-0.2, 0) is 19.1 Å². The second-order valence-electron chi connectivity index (χ2n) is 5.52. The van der Waals surface area contributed by atoms with Gasteiger partial charge in [-0.15, -0.1) is 0 Å². The van der Waals surface area contributed by atoms with Crippen LogP contribution < -0.4 is 0 Å². The number of alkyl halides is 1. The maximum atomic E-state index is 11.5. The van der Waals surface area contributed by atoms with Crippen LogP contribution >= 0.6 is 15.9 Å². The molecule has 0 amide bonds. The minimum absolute atomic E-state index is 0.0124. The molecule has 6 heteroatoms. The molecular formula is C17H16BrNO4. The molecule has 0 saturated carbocycles. The lowest BCUT2D eigenvalue weighted by atomic mass is 9.84. The molecule has 0 spiro atoms. The average molecular weight is 378 g/mol. The van der Waals surface area contributed by atoms with Crippen molar-refractivity contribution in [3.05, 3.63) is 41.6 Å². The first-order valence-corrected chi connectivity index (χ1v) is 8.25. The summed E-state index contributed by atoms with van der Waals surface area (Å²) in [5, 5.41) is 1.00. The van der Waals surface area contributed by atoms with Gasteiger partial charge >= 0.3 is 11.9 Å². The van der Waals surface area contributed by atoms with E-state index in [9.17, 15) is 9.59 Å². The smallest absolute Gasteiger partial charge is 0.303 e. The van der Waals surface area contributed by atoms with Gasteiger partial charge in [0.25, 0.3) is 0 Å². The number of hydrogen-bond acceptors (Lipinski definition) is 5. The first-order valence-electron chi connectivity index (χ1n) is 7.33. The van der Waals surface area contributed by atoms with Gasteiger partial charge in [-0.05, 0) is 17.7 Å². The highest BCUT2D eigenvalue weighted by molar-refractivity contribution is 9.09. The number of pyridine rings is 1. The van der Waals surface area contributed by atoms with Gasteiger partial charge in [0, 0.05) is 42.2 Å². The standard InChI is InChI=1S/C17H16BrNO4/c1-9(20)22-15-8-13(18)16-11-4-3-7-19-14(11)6-5-12(16)17(15)23-10(2)21/h3-7,13,15,17H,8H2,1-2H3/t13-,15+,17+/m0/s1. The molecule has 2 aromatic rings. The summed E-state index contributed by atoms with van der Waals surface area (Å²) < 4.78 is 10.9. The molecule has 1 aliphatic carbocycles. The van der Waals surface area contributed by atoms with E-state index in [2.05, 4.69) is 20.9 Å². The van der Waals surface area contributed by atoms with Gasteiger partial charge in [-0.1, -0.05) is 28.1 Å². The number of aromatic nitrogens is 1. The Hall–Kier alpha value is -1.95. The molecule has 1 heterocycles. The molecule has 120 valence electrons. The van der Waals surface area contributed by atoms with Crippen molar-refractivity contribution < 1.29 is 19.1 Å². The van der Waals surface area contributed by atoms with Crippen molar-refractivity contribution >= 4 is 38.8 Å². The van der Waals surface area contributed by atoms with Gasteiger partial charge in [0.05, 0.1) is 5.52 Å². The van der Waals surface area contributed by atoms with Crippen molar-refractivity contribution in [1.82, 2.24) is 4.98 Å². The predicted octanol–water partition coefficient (Wildman–Crippen LogP) is 3.61. The number of ether oxygens (including phenoxy) is 2. The molecular weight excluding hydrogens is 362 g/mol. The van der Waals surface area contributed by atoms with Crippen LogP contribution in [-0.4, -0.2) is 23.0 Å². The Morgan fingerprint density at radius 1 is 1.17 bits per heavy atom. The number of halogens is 1. The van der Waals surface area contributed by atoms with Crippen molar-refractivity contribution in [2.75, 3.05) is 0 Å². The van der Waals surface area contributed by atoms with E-state index in [-0.39, 0.29) is 4.83 Å². The quantitative estimate of drug-likeness (QED) is 0.590. The molecule has 0 unspecified atom stereocenters. The van der Waals surface area contributed by atoms with Crippen molar-refractivity contribution in [1.29, 1.82) is 0 Å². The lowest BCUT2D eigenvalue weighted by Gasteiger charge is -2.35. The Balaban J connectivity index is 2.14. The molecule has 1 aromatic carbocycles. The highest BCUT2D eigenvalue weighted by Crippen LogP contribution is 2.46. The summed E-state index contributed by atoms with van der Waals surface area (Å²) in [5.74, 6) is -0.796. The van der Waals surface area contributed by atoms with E-state index in [4.69, 9.17) is 9.47 Å². The van der Waals surface area contributed by atoms with Gasteiger partial charge in [0.15, 0.2) is 6.10 Å². The van der Waals surface area contributed by atoms with Crippen LogP contribution in [0, 0.1) is 0 Å². The minimum Gasteiger partial charge on any atom is -0.458 e. The Kier molecular flexibility index (Phi) is 4.35. The zero-order chi connectivity index (χ0) is 16.6. The Labute approximate surface area is 142 Å². The molecule has 3 atom stereocenters. The zero-order valence-corrected chi connectivity index (χ0v) is 14.4. The number of nitrogens with zero attached hydrogens (tertiary/aromatic N) is 1. The van der Waals surface area contributed by atoms with Crippen LogP contribution in [0.15, 0.2) is 30.5 Å². The largest absolute Gasteiger partial charge is 0.458 e. The van der Waals surface area contributed by atoms with Crippen molar-refractivity contribution in [3.8, 4) is 0 Å². The Morgan fingerprint density at radius 2 is 1.91 bits per heavy atom. The second-order valence-corrected chi connectivity index (χ2v) is 6.63. The Morgan fingerprint density at radius 3 is 2.61 bits per heavy atom. The predicted molar refractivity (Wildman–Crippen MR) is 88.1 cm³/mol. The van der Waals surface area contributed by atoms with E-state index in [0.717, 1.165) is 22.0 Å². The van der Waals surface area contributed by atoms with Gasteiger partial charge in [-0.25, -0.2) is 0 Å². The monoisotopic (exact) mass is 377 g/mol. The first-order chi connectivity index (χ1) is 11.0. The molecule has 0 fully saturated rings. The summed E-state index contributed by atoms with van der Waals surface area (Å²) in [6, 6.07) is 7.65. The highest BCUT2D eigenvalue weighted by atomic mass is 79.9. The minimum atomic E-state index is -0.607. The highest BCUT2D eigenvalue weighted by Gasteiger charge is 2.39. The summed E-state index contributed by atoms with van der Waals surface area (Å²) in [5.41, 5.74) is 2.76. The van der Waals surface area contributed by atoms with Crippen LogP contribution in [0.25, 0.3) is 10.9 Å². The number of carbonyl (C=O) groups excluding carboxylic acids is 2. The number of hydrogen-bond donors (Lipinski definition) is 0. The van der Waals surface area contributed by atoms with Crippen LogP contribution in [0.1, 0.15) is 42.3 Å². The molecule has 0 aliphatic heterocycles. The summed E-state index contributed by atoms with van der Waals surface area (Å²) in [7, 11) is 0. The van der Waals surface area contributed by atoms with Crippen LogP contribution in [0.3, 0.4) is 0 Å². The molecule has 23 heavy (non-hydrogen) atoms. The van der Waals surface area contributed by atoms with Crippen molar-refractivity contribution in [2.24, 2.45) is 0 Å². The zero-order valence-electron chi connectivity index (χ0n) is 12.8. The molecule has 3 rings (SSSR count). The molecule has 0 N–H and O–H groups in total. The number of fused-ring (bicyclic) bond motifs is 3.